The van der Waals surface area contributed by atoms with Crippen molar-refractivity contribution in [3.05, 3.63) is 24.3 Å². The third kappa shape index (κ3) is 5.50. The molecule has 0 fully saturated rings. The van der Waals surface area contributed by atoms with E-state index >= 15 is 0 Å². The Morgan fingerprint density at radius 1 is 1.13 bits per heavy atom. The van der Waals surface area contributed by atoms with Crippen molar-refractivity contribution in [3.8, 4) is 0 Å². The second kappa shape index (κ2) is 7.38. The maximum atomic E-state index is 4.04. The molecule has 0 spiro atoms. The Labute approximate surface area is 93.2 Å². The van der Waals surface area contributed by atoms with Crippen LogP contribution in [0, 0.1) is 5.92 Å². The highest BCUT2D eigenvalue weighted by Gasteiger charge is 2.03. The molecular formula is C13H22N2. The first kappa shape index (κ1) is 12.2. The Kier molecular flexibility index (Phi) is 5.98. The Balaban J connectivity index is 2.16. The quantitative estimate of drug-likeness (QED) is 0.637. The van der Waals surface area contributed by atoms with Gasteiger partial charge < -0.3 is 0 Å². The van der Waals surface area contributed by atoms with E-state index in [1.165, 1.54) is 37.7 Å². The van der Waals surface area contributed by atoms with Gasteiger partial charge in [0.15, 0.2) is 0 Å². The summed E-state index contributed by atoms with van der Waals surface area (Å²) in [6, 6.07) is 0. The van der Waals surface area contributed by atoms with Crippen molar-refractivity contribution in [1.29, 1.82) is 0 Å². The summed E-state index contributed by atoms with van der Waals surface area (Å²) in [6.45, 7) is 4.57. The lowest BCUT2D eigenvalue weighted by molar-refractivity contribution is 0.486. The van der Waals surface area contributed by atoms with Crippen molar-refractivity contribution >= 4 is 0 Å². The monoisotopic (exact) mass is 206 g/mol. The molecule has 0 aromatic carbocycles. The molecule has 0 saturated carbocycles. The van der Waals surface area contributed by atoms with Crippen LogP contribution in [0.1, 0.15) is 51.5 Å². The van der Waals surface area contributed by atoms with Gasteiger partial charge in [-0.2, -0.15) is 0 Å². The molecule has 2 nitrogen and oxygen atoms in total. The van der Waals surface area contributed by atoms with Crippen LogP contribution in [0.15, 0.2) is 18.7 Å². The van der Waals surface area contributed by atoms with Crippen LogP contribution in [0.25, 0.3) is 0 Å². The minimum atomic E-state index is 0.757. The SMILES string of the molecule is CCCCCCC(C)Cc1cncnc1. The largest absolute Gasteiger partial charge is 0.245 e. The van der Waals surface area contributed by atoms with Gasteiger partial charge in [0, 0.05) is 12.4 Å². The fourth-order valence-corrected chi connectivity index (χ4v) is 1.86. The average molecular weight is 206 g/mol. The van der Waals surface area contributed by atoms with E-state index in [1.54, 1.807) is 6.33 Å². The standard InChI is InChI=1S/C13H22N2/c1-3-4-5-6-7-12(2)8-13-9-14-11-15-10-13/h9-12H,3-8H2,1-2H3. The van der Waals surface area contributed by atoms with Crippen LogP contribution in [0.2, 0.25) is 0 Å². The fourth-order valence-electron chi connectivity index (χ4n) is 1.86. The van der Waals surface area contributed by atoms with Crippen LogP contribution < -0.4 is 0 Å². The molecule has 84 valence electrons. The molecule has 0 aliphatic rings. The van der Waals surface area contributed by atoms with Crippen molar-refractivity contribution < 1.29 is 0 Å². The number of rotatable bonds is 7. The molecule has 0 N–H and O–H groups in total. The number of unbranched alkanes of at least 4 members (excludes halogenated alkanes) is 3. The van der Waals surface area contributed by atoms with E-state index < -0.39 is 0 Å². The van der Waals surface area contributed by atoms with Crippen LogP contribution in [-0.2, 0) is 6.42 Å². The zero-order valence-corrected chi connectivity index (χ0v) is 9.95. The van der Waals surface area contributed by atoms with E-state index in [2.05, 4.69) is 23.8 Å². The van der Waals surface area contributed by atoms with Gasteiger partial charge in [-0.25, -0.2) is 9.97 Å². The van der Waals surface area contributed by atoms with Crippen LogP contribution >= 0.6 is 0 Å². The number of nitrogens with zero attached hydrogens (tertiary/aromatic N) is 2. The average Bonchev–Trinajstić information content (AvgIpc) is 2.26. The molecule has 0 radical (unpaired) electrons. The Morgan fingerprint density at radius 3 is 2.53 bits per heavy atom. The van der Waals surface area contributed by atoms with Crippen molar-refractivity contribution in [2.45, 2.75) is 52.4 Å². The van der Waals surface area contributed by atoms with Crippen LogP contribution in [0.3, 0.4) is 0 Å². The Hall–Kier alpha value is -0.920. The topological polar surface area (TPSA) is 25.8 Å². The first-order valence-corrected chi connectivity index (χ1v) is 6.06. The van der Waals surface area contributed by atoms with Gasteiger partial charge in [0.05, 0.1) is 0 Å². The minimum Gasteiger partial charge on any atom is -0.245 e. The second-order valence-electron chi connectivity index (χ2n) is 4.41. The van der Waals surface area contributed by atoms with Crippen LogP contribution in [-0.4, -0.2) is 9.97 Å². The zero-order valence-electron chi connectivity index (χ0n) is 9.95. The minimum absolute atomic E-state index is 0.757. The Morgan fingerprint density at radius 2 is 1.87 bits per heavy atom. The molecule has 1 rings (SSSR count). The van der Waals surface area contributed by atoms with Crippen molar-refractivity contribution in [2.24, 2.45) is 5.92 Å². The lowest BCUT2D eigenvalue weighted by Gasteiger charge is -2.10. The fraction of sp³-hybridized carbons (Fsp3) is 0.692. The zero-order chi connectivity index (χ0) is 10.9. The van der Waals surface area contributed by atoms with Gasteiger partial charge in [-0.15, -0.1) is 0 Å². The molecule has 1 unspecified atom stereocenters. The van der Waals surface area contributed by atoms with Gasteiger partial charge in [0.25, 0.3) is 0 Å². The van der Waals surface area contributed by atoms with Crippen LogP contribution in [0.4, 0.5) is 0 Å². The van der Waals surface area contributed by atoms with Crippen LogP contribution in [0.5, 0.6) is 0 Å². The summed E-state index contributed by atoms with van der Waals surface area (Å²) in [6.07, 6.45) is 13.3. The molecule has 15 heavy (non-hydrogen) atoms. The molecule has 0 bridgehead atoms. The third-order valence-corrected chi connectivity index (χ3v) is 2.75. The maximum Gasteiger partial charge on any atom is 0.115 e. The van der Waals surface area contributed by atoms with Crippen molar-refractivity contribution in [2.75, 3.05) is 0 Å². The summed E-state index contributed by atoms with van der Waals surface area (Å²) in [7, 11) is 0. The molecule has 1 aromatic heterocycles. The molecule has 2 heteroatoms. The van der Waals surface area contributed by atoms with Gasteiger partial charge in [-0.1, -0.05) is 46.0 Å². The number of hydrogen-bond acceptors (Lipinski definition) is 2. The summed E-state index contributed by atoms with van der Waals surface area (Å²) in [5.41, 5.74) is 1.26. The van der Waals surface area contributed by atoms with E-state index in [9.17, 15) is 0 Å². The van der Waals surface area contributed by atoms with E-state index in [-0.39, 0.29) is 0 Å². The first-order valence-electron chi connectivity index (χ1n) is 6.06. The first-order chi connectivity index (χ1) is 7.33. The molecule has 0 saturated heterocycles. The predicted octanol–water partition coefficient (Wildman–Crippen LogP) is 3.63. The normalized spacial score (nSPS) is 12.7. The van der Waals surface area contributed by atoms with E-state index in [0.717, 1.165) is 12.3 Å². The van der Waals surface area contributed by atoms with Gasteiger partial charge in [-0.3, -0.25) is 0 Å². The summed E-state index contributed by atoms with van der Waals surface area (Å²) in [5.74, 6) is 0.757. The molecule has 0 amide bonds. The van der Waals surface area contributed by atoms with E-state index in [4.69, 9.17) is 0 Å². The highest BCUT2D eigenvalue weighted by atomic mass is 14.8. The molecule has 0 aliphatic heterocycles. The summed E-state index contributed by atoms with van der Waals surface area (Å²) >= 11 is 0. The summed E-state index contributed by atoms with van der Waals surface area (Å²) in [4.78, 5) is 8.07. The smallest absolute Gasteiger partial charge is 0.115 e. The molecule has 1 aromatic rings. The lowest BCUT2D eigenvalue weighted by Crippen LogP contribution is -2.00. The van der Waals surface area contributed by atoms with Crippen molar-refractivity contribution in [1.82, 2.24) is 9.97 Å². The van der Waals surface area contributed by atoms with Gasteiger partial charge in [-0.05, 0) is 17.9 Å². The van der Waals surface area contributed by atoms with Gasteiger partial charge in [0.2, 0.25) is 0 Å². The van der Waals surface area contributed by atoms with Gasteiger partial charge in [0.1, 0.15) is 6.33 Å². The summed E-state index contributed by atoms with van der Waals surface area (Å²) < 4.78 is 0. The Bertz CT molecular complexity index is 246. The lowest BCUT2D eigenvalue weighted by atomic mass is 9.97. The molecule has 1 heterocycles. The number of hydrogen-bond donors (Lipinski definition) is 0. The number of aromatic nitrogens is 2. The van der Waals surface area contributed by atoms with E-state index in [0.29, 0.717) is 0 Å². The second-order valence-corrected chi connectivity index (χ2v) is 4.41. The highest BCUT2D eigenvalue weighted by Crippen LogP contribution is 2.14. The molecule has 1 atom stereocenters. The third-order valence-electron chi connectivity index (χ3n) is 2.75. The van der Waals surface area contributed by atoms with E-state index in [1.807, 2.05) is 12.4 Å². The van der Waals surface area contributed by atoms with Gasteiger partial charge >= 0.3 is 0 Å². The summed E-state index contributed by atoms with van der Waals surface area (Å²) in [5, 5.41) is 0. The highest BCUT2D eigenvalue weighted by molar-refractivity contribution is 5.02. The molecule has 0 aliphatic carbocycles. The maximum absolute atomic E-state index is 4.04. The predicted molar refractivity (Wildman–Crippen MR) is 63.7 cm³/mol. The molecular weight excluding hydrogens is 184 g/mol. The van der Waals surface area contributed by atoms with Crippen molar-refractivity contribution in [3.63, 3.8) is 0 Å².